The van der Waals surface area contributed by atoms with Crippen molar-refractivity contribution in [3.63, 3.8) is 0 Å². The molecule has 2 aliphatic carbocycles. The highest BCUT2D eigenvalue weighted by Gasteiger charge is 2.37. The van der Waals surface area contributed by atoms with E-state index in [2.05, 4.69) is 5.32 Å². The Morgan fingerprint density at radius 3 is 2.58 bits per heavy atom. The van der Waals surface area contributed by atoms with E-state index in [0.29, 0.717) is 17.2 Å². The van der Waals surface area contributed by atoms with E-state index in [4.69, 9.17) is 5.11 Å². The molecule has 3 rings (SSSR count). The number of hydrogen-bond acceptors (Lipinski definition) is 6. The number of nitrogens with one attached hydrogen (secondary N) is 1. The van der Waals surface area contributed by atoms with Gasteiger partial charge in [-0.2, -0.15) is 0 Å². The largest absolute Gasteiger partial charge is 0.480 e. The van der Waals surface area contributed by atoms with Crippen molar-refractivity contribution < 1.29 is 19.6 Å². The van der Waals surface area contributed by atoms with Gasteiger partial charge in [-0.1, -0.05) is 0 Å². The molecule has 8 nitrogen and oxygen atoms in total. The number of benzene rings is 1. The van der Waals surface area contributed by atoms with E-state index in [1.807, 2.05) is 4.90 Å². The number of ketones is 1. The van der Waals surface area contributed by atoms with Crippen LogP contribution in [-0.4, -0.2) is 51.9 Å². The van der Waals surface area contributed by atoms with Crippen molar-refractivity contribution in [1.82, 2.24) is 4.90 Å². The molecule has 0 heterocycles. The van der Waals surface area contributed by atoms with Crippen LogP contribution in [0.4, 0.5) is 11.4 Å². The van der Waals surface area contributed by atoms with Crippen LogP contribution in [-0.2, 0) is 4.79 Å². The minimum atomic E-state index is -0.822. The molecule has 0 aliphatic heterocycles. The van der Waals surface area contributed by atoms with Crippen molar-refractivity contribution in [3.8, 4) is 0 Å². The van der Waals surface area contributed by atoms with Crippen molar-refractivity contribution in [3.05, 3.63) is 33.9 Å². The summed E-state index contributed by atoms with van der Waals surface area (Å²) in [5.74, 6) is -0.424. The van der Waals surface area contributed by atoms with Crippen molar-refractivity contribution in [1.29, 1.82) is 0 Å². The predicted molar refractivity (Wildman–Crippen MR) is 95.5 cm³/mol. The first-order valence-electron chi connectivity index (χ1n) is 8.85. The lowest BCUT2D eigenvalue weighted by Crippen LogP contribution is -2.52. The second kappa shape index (κ2) is 7.41. The zero-order valence-corrected chi connectivity index (χ0v) is 14.7. The van der Waals surface area contributed by atoms with Crippen molar-refractivity contribution in [2.45, 2.75) is 44.7 Å². The average molecular weight is 361 g/mol. The van der Waals surface area contributed by atoms with Crippen LogP contribution in [0.5, 0.6) is 0 Å². The normalized spacial score (nSPS) is 21.9. The highest BCUT2D eigenvalue weighted by Crippen LogP contribution is 2.36. The van der Waals surface area contributed by atoms with Gasteiger partial charge < -0.3 is 10.4 Å². The lowest BCUT2D eigenvalue weighted by atomic mass is 9.85. The molecule has 2 N–H and O–H groups in total. The summed E-state index contributed by atoms with van der Waals surface area (Å²) in [5.41, 5.74) is 0.600. The Balaban J connectivity index is 1.61. The molecule has 8 heteroatoms. The van der Waals surface area contributed by atoms with Crippen LogP contribution in [0.15, 0.2) is 18.2 Å². The fourth-order valence-corrected chi connectivity index (χ4v) is 3.40. The predicted octanol–water partition coefficient (Wildman–Crippen LogP) is 2.54. The second-order valence-corrected chi connectivity index (χ2v) is 7.28. The number of nitrogens with zero attached hydrogens (tertiary/aromatic N) is 2. The van der Waals surface area contributed by atoms with Crippen LogP contribution < -0.4 is 5.32 Å². The Bertz CT molecular complexity index is 726. The van der Waals surface area contributed by atoms with Crippen LogP contribution in [0.2, 0.25) is 0 Å². The molecule has 0 atom stereocenters. The summed E-state index contributed by atoms with van der Waals surface area (Å²) >= 11 is 0. The summed E-state index contributed by atoms with van der Waals surface area (Å²) in [7, 11) is 0. The van der Waals surface area contributed by atoms with Gasteiger partial charge in [0.05, 0.1) is 11.5 Å². The lowest BCUT2D eigenvalue weighted by molar-refractivity contribution is -0.384. The molecule has 1 aromatic rings. The third-order valence-corrected chi connectivity index (χ3v) is 5.12. The maximum Gasteiger partial charge on any atom is 0.317 e. The number of rotatable bonds is 9. The number of nitro groups is 1. The molecule has 140 valence electrons. The van der Waals surface area contributed by atoms with Crippen LogP contribution in [0.1, 0.15) is 43.0 Å². The van der Waals surface area contributed by atoms with E-state index in [9.17, 15) is 19.7 Å². The Morgan fingerprint density at radius 1 is 1.35 bits per heavy atom. The molecule has 1 aromatic carbocycles. The maximum atomic E-state index is 11.4. The Morgan fingerprint density at radius 2 is 2.04 bits per heavy atom. The molecule has 0 saturated heterocycles. The smallest absolute Gasteiger partial charge is 0.317 e. The fraction of sp³-hybridized carbons (Fsp3) is 0.556. The number of anilines is 1. The minimum absolute atomic E-state index is 0.0430. The van der Waals surface area contributed by atoms with E-state index < -0.39 is 10.9 Å². The first kappa shape index (κ1) is 18.3. The van der Waals surface area contributed by atoms with E-state index in [-0.39, 0.29) is 30.1 Å². The van der Waals surface area contributed by atoms with Gasteiger partial charge >= 0.3 is 5.97 Å². The average Bonchev–Trinajstić information content (AvgIpc) is 3.33. The summed E-state index contributed by atoms with van der Waals surface area (Å²) in [4.78, 5) is 35.3. The lowest BCUT2D eigenvalue weighted by Gasteiger charge is -2.43. The number of carboxylic acid groups (broad SMARTS) is 1. The number of hydrogen-bond donors (Lipinski definition) is 2. The Labute approximate surface area is 151 Å². The zero-order chi connectivity index (χ0) is 18.8. The monoisotopic (exact) mass is 361 g/mol. The SMILES string of the molecule is CC(=O)c1ccc(NC2CC(N(CC(=O)O)CC3CC3)C2)c([N+](=O)[O-])c1. The van der Waals surface area contributed by atoms with Gasteiger partial charge in [0.25, 0.3) is 5.69 Å². The van der Waals surface area contributed by atoms with Gasteiger partial charge in [-0.15, -0.1) is 0 Å². The third-order valence-electron chi connectivity index (χ3n) is 5.12. The van der Waals surface area contributed by atoms with Gasteiger partial charge in [0, 0.05) is 30.3 Å². The molecular formula is C18H23N3O5. The molecular weight excluding hydrogens is 338 g/mol. The molecule has 2 aliphatic rings. The molecule has 0 unspecified atom stereocenters. The van der Waals surface area contributed by atoms with E-state index in [1.54, 1.807) is 12.1 Å². The molecule has 0 aromatic heterocycles. The van der Waals surface area contributed by atoms with Crippen molar-refractivity contribution in [2.24, 2.45) is 5.92 Å². The summed E-state index contributed by atoms with van der Waals surface area (Å²) < 4.78 is 0. The fourth-order valence-electron chi connectivity index (χ4n) is 3.40. The first-order valence-corrected chi connectivity index (χ1v) is 8.85. The number of nitro benzene ring substituents is 1. The molecule has 0 radical (unpaired) electrons. The van der Waals surface area contributed by atoms with Gasteiger partial charge in [-0.3, -0.25) is 24.6 Å². The van der Waals surface area contributed by atoms with Crippen LogP contribution in [0.25, 0.3) is 0 Å². The van der Waals surface area contributed by atoms with E-state index in [1.165, 1.54) is 25.8 Å². The van der Waals surface area contributed by atoms with Crippen LogP contribution >= 0.6 is 0 Å². The van der Waals surface area contributed by atoms with Crippen molar-refractivity contribution in [2.75, 3.05) is 18.4 Å². The highest BCUT2D eigenvalue weighted by molar-refractivity contribution is 5.95. The molecule has 0 spiro atoms. The second-order valence-electron chi connectivity index (χ2n) is 7.28. The summed E-state index contributed by atoms with van der Waals surface area (Å²) in [5, 5.41) is 23.6. The summed E-state index contributed by atoms with van der Waals surface area (Å²) in [6.07, 6.45) is 3.84. The highest BCUT2D eigenvalue weighted by atomic mass is 16.6. The van der Waals surface area contributed by atoms with Gasteiger partial charge in [-0.25, -0.2) is 0 Å². The summed E-state index contributed by atoms with van der Waals surface area (Å²) in [6, 6.07) is 4.71. The molecule has 0 bridgehead atoms. The Kier molecular flexibility index (Phi) is 5.22. The minimum Gasteiger partial charge on any atom is -0.480 e. The third kappa shape index (κ3) is 4.37. The van der Waals surface area contributed by atoms with Gasteiger partial charge in [0.1, 0.15) is 5.69 Å². The molecule has 2 saturated carbocycles. The van der Waals surface area contributed by atoms with Crippen LogP contribution in [0, 0.1) is 16.0 Å². The quantitative estimate of drug-likeness (QED) is 0.395. The van der Waals surface area contributed by atoms with Crippen LogP contribution in [0.3, 0.4) is 0 Å². The Hall–Kier alpha value is -2.48. The topological polar surface area (TPSA) is 113 Å². The zero-order valence-electron chi connectivity index (χ0n) is 14.7. The number of carbonyl (C=O) groups is 2. The molecule has 2 fully saturated rings. The van der Waals surface area contributed by atoms with Gasteiger partial charge in [0.15, 0.2) is 5.78 Å². The first-order chi connectivity index (χ1) is 12.3. The van der Waals surface area contributed by atoms with Crippen molar-refractivity contribution >= 4 is 23.1 Å². The molecule has 26 heavy (non-hydrogen) atoms. The number of carbonyl (C=O) groups excluding carboxylic acids is 1. The molecule has 0 amide bonds. The summed E-state index contributed by atoms with van der Waals surface area (Å²) in [6.45, 7) is 2.23. The standard InChI is InChI=1S/C18H23N3O5/c1-11(22)13-4-5-16(17(6-13)21(25)26)19-14-7-15(8-14)20(10-18(23)24)9-12-2-3-12/h4-6,12,14-15,19H,2-3,7-10H2,1H3,(H,23,24). The number of aliphatic carboxylic acids is 1. The maximum absolute atomic E-state index is 11.4. The van der Waals surface area contributed by atoms with Gasteiger partial charge in [-0.05, 0) is 50.7 Å². The van der Waals surface area contributed by atoms with Gasteiger partial charge in [0.2, 0.25) is 0 Å². The number of carboxylic acids is 1. The number of Topliss-reactive ketones (excluding diaryl/α,β-unsaturated/α-hetero) is 1. The van der Waals surface area contributed by atoms with E-state index >= 15 is 0 Å². The van der Waals surface area contributed by atoms with E-state index in [0.717, 1.165) is 19.4 Å².